The van der Waals surface area contributed by atoms with Gasteiger partial charge in [-0.2, -0.15) is 0 Å². The minimum absolute atomic E-state index is 0.0156. The second kappa shape index (κ2) is 8.04. The molecular weight excluding hydrogens is 424 g/mol. The van der Waals surface area contributed by atoms with Gasteiger partial charge in [-0.3, -0.25) is 4.79 Å². The van der Waals surface area contributed by atoms with Crippen molar-refractivity contribution >= 4 is 16.6 Å². The zero-order valence-corrected chi connectivity index (χ0v) is 21.6. The van der Waals surface area contributed by atoms with Crippen LogP contribution in [0.1, 0.15) is 82.8 Å². The van der Waals surface area contributed by atoms with Gasteiger partial charge in [0.05, 0.1) is 16.4 Å². The quantitative estimate of drug-likeness (QED) is 0.466. The monoisotopic (exact) mass is 460 g/mol. The SMILES string of the molecule is CC(C)=CCC1(CC=C(C)C)C2=C(C(=O)c3c1cc1cc(C)cc(O)c1c3O)[C@@H](C)C(C)(C)O2. The summed E-state index contributed by atoms with van der Waals surface area (Å²) in [5, 5.41) is 23.2. The number of Topliss-reactive ketones (excluding diaryl/α,β-unsaturated/α-hetero) is 1. The lowest BCUT2D eigenvalue weighted by molar-refractivity contribution is 0.0141. The summed E-state index contributed by atoms with van der Waals surface area (Å²) in [6.45, 7) is 16.3. The second-order valence-electron chi connectivity index (χ2n) is 11.1. The van der Waals surface area contributed by atoms with E-state index in [1.165, 1.54) is 11.1 Å². The van der Waals surface area contributed by atoms with Crippen LogP contribution >= 0.6 is 0 Å². The van der Waals surface area contributed by atoms with Crippen LogP contribution in [0.4, 0.5) is 0 Å². The Labute approximate surface area is 202 Å². The normalized spacial score (nSPS) is 20.0. The van der Waals surface area contributed by atoms with Crippen molar-refractivity contribution in [2.45, 2.75) is 79.2 Å². The number of rotatable bonds is 4. The summed E-state index contributed by atoms with van der Waals surface area (Å²) in [6.07, 6.45) is 5.67. The van der Waals surface area contributed by atoms with E-state index >= 15 is 0 Å². The number of allylic oxidation sites excluding steroid dienone is 5. The fraction of sp³-hybridized carbons (Fsp3) is 0.433. The number of ketones is 1. The Morgan fingerprint density at radius 2 is 1.62 bits per heavy atom. The number of ether oxygens (including phenoxy) is 1. The number of hydrogen-bond donors (Lipinski definition) is 2. The number of aromatic hydroxyl groups is 2. The van der Waals surface area contributed by atoms with Crippen molar-refractivity contribution in [2.24, 2.45) is 5.92 Å². The van der Waals surface area contributed by atoms with Crippen molar-refractivity contribution in [1.82, 2.24) is 0 Å². The molecule has 4 heteroatoms. The molecule has 0 saturated carbocycles. The number of carbonyl (C=O) groups is 1. The van der Waals surface area contributed by atoms with Crippen molar-refractivity contribution < 1.29 is 19.7 Å². The van der Waals surface area contributed by atoms with E-state index < -0.39 is 11.0 Å². The number of carbonyl (C=O) groups excluding carboxylic acids is 1. The third-order valence-corrected chi connectivity index (χ3v) is 7.56. The van der Waals surface area contributed by atoms with Crippen LogP contribution < -0.4 is 0 Å². The van der Waals surface area contributed by atoms with Gasteiger partial charge in [-0.25, -0.2) is 0 Å². The molecule has 2 aromatic carbocycles. The van der Waals surface area contributed by atoms with Crippen molar-refractivity contribution in [3.05, 3.63) is 69.5 Å². The maximum absolute atomic E-state index is 14.0. The molecule has 2 N–H and O–H groups in total. The fourth-order valence-corrected chi connectivity index (χ4v) is 5.36. The van der Waals surface area contributed by atoms with Gasteiger partial charge in [-0.15, -0.1) is 0 Å². The molecule has 0 bridgehead atoms. The maximum Gasteiger partial charge on any atom is 0.196 e. The molecule has 1 aliphatic carbocycles. The van der Waals surface area contributed by atoms with Crippen molar-refractivity contribution in [2.75, 3.05) is 0 Å². The van der Waals surface area contributed by atoms with E-state index in [-0.39, 0.29) is 23.2 Å². The predicted molar refractivity (Wildman–Crippen MR) is 137 cm³/mol. The standard InChI is InChI=1S/C30H36O4/c1-16(2)9-11-30(12-10-17(3)4)21-15-20-13-18(5)14-22(31)24(20)27(33)25(21)26(32)23-19(6)29(7,8)34-28(23)30/h9-10,13-15,19,31,33H,11-12H2,1-8H3/t19-/m1/s1. The number of phenols is 2. The summed E-state index contributed by atoms with van der Waals surface area (Å²) in [5.74, 6) is 0.235. The minimum Gasteiger partial charge on any atom is -0.507 e. The third kappa shape index (κ3) is 3.55. The average Bonchev–Trinajstić information content (AvgIpc) is 2.96. The summed E-state index contributed by atoms with van der Waals surface area (Å²) in [6, 6.07) is 5.55. The van der Waals surface area contributed by atoms with Gasteiger partial charge in [0.1, 0.15) is 22.9 Å². The lowest BCUT2D eigenvalue weighted by atomic mass is 9.64. The van der Waals surface area contributed by atoms with E-state index in [2.05, 4.69) is 39.8 Å². The van der Waals surface area contributed by atoms with E-state index in [9.17, 15) is 15.0 Å². The zero-order chi connectivity index (χ0) is 25.2. The van der Waals surface area contributed by atoms with Crippen LogP contribution in [-0.4, -0.2) is 21.6 Å². The second-order valence-corrected chi connectivity index (χ2v) is 11.1. The van der Waals surface area contributed by atoms with Crippen LogP contribution in [0.2, 0.25) is 0 Å². The summed E-state index contributed by atoms with van der Waals surface area (Å²) in [4.78, 5) is 14.0. The molecule has 180 valence electrons. The van der Waals surface area contributed by atoms with Gasteiger partial charge in [0.2, 0.25) is 0 Å². The van der Waals surface area contributed by atoms with Crippen molar-refractivity contribution in [3.63, 3.8) is 0 Å². The van der Waals surface area contributed by atoms with Gasteiger partial charge in [-0.05, 0) is 90.0 Å². The molecule has 0 fully saturated rings. The number of aryl methyl sites for hydroxylation is 1. The summed E-state index contributed by atoms with van der Waals surface area (Å²) >= 11 is 0. The first-order chi connectivity index (χ1) is 15.8. The Bertz CT molecular complexity index is 1280. The molecule has 0 radical (unpaired) electrons. The van der Waals surface area contributed by atoms with Gasteiger partial charge in [0.15, 0.2) is 5.78 Å². The molecule has 0 amide bonds. The average molecular weight is 461 g/mol. The van der Waals surface area contributed by atoms with E-state index in [0.717, 1.165) is 22.3 Å². The lowest BCUT2D eigenvalue weighted by Gasteiger charge is -2.40. The highest BCUT2D eigenvalue weighted by Crippen LogP contribution is 2.58. The maximum atomic E-state index is 14.0. The Morgan fingerprint density at radius 1 is 1.03 bits per heavy atom. The van der Waals surface area contributed by atoms with Crippen molar-refractivity contribution in [3.8, 4) is 11.5 Å². The highest BCUT2D eigenvalue weighted by molar-refractivity contribution is 6.17. The predicted octanol–water partition coefficient (Wildman–Crippen LogP) is 7.41. The molecule has 34 heavy (non-hydrogen) atoms. The Hall–Kier alpha value is -3.01. The largest absolute Gasteiger partial charge is 0.507 e. The minimum atomic E-state index is -0.639. The first-order valence-corrected chi connectivity index (χ1v) is 12.0. The fourth-order valence-electron chi connectivity index (χ4n) is 5.36. The van der Waals surface area contributed by atoms with Gasteiger partial charge in [-0.1, -0.05) is 36.3 Å². The molecule has 2 aromatic rings. The smallest absolute Gasteiger partial charge is 0.196 e. The number of hydrogen-bond acceptors (Lipinski definition) is 4. The zero-order valence-electron chi connectivity index (χ0n) is 21.6. The van der Waals surface area contributed by atoms with Crippen LogP contribution in [0.15, 0.2) is 52.8 Å². The topological polar surface area (TPSA) is 66.8 Å². The van der Waals surface area contributed by atoms with E-state index in [0.29, 0.717) is 29.4 Å². The Morgan fingerprint density at radius 3 is 2.18 bits per heavy atom. The summed E-state index contributed by atoms with van der Waals surface area (Å²) in [5.41, 5.74) is 3.77. The first kappa shape index (κ1) is 24.1. The van der Waals surface area contributed by atoms with Crippen molar-refractivity contribution in [1.29, 1.82) is 0 Å². The molecule has 1 aliphatic heterocycles. The summed E-state index contributed by atoms with van der Waals surface area (Å²) in [7, 11) is 0. The molecular formula is C30H36O4. The van der Waals surface area contributed by atoms with Gasteiger partial charge >= 0.3 is 0 Å². The Kier molecular flexibility index (Phi) is 5.70. The third-order valence-electron chi connectivity index (χ3n) is 7.56. The molecule has 0 spiro atoms. The number of phenolic OH excluding ortho intramolecular Hbond substituents is 2. The number of benzene rings is 2. The lowest BCUT2D eigenvalue weighted by Crippen LogP contribution is -2.36. The van der Waals surface area contributed by atoms with Crippen LogP contribution in [0.3, 0.4) is 0 Å². The van der Waals surface area contributed by atoms with E-state index in [1.54, 1.807) is 6.07 Å². The molecule has 4 rings (SSSR count). The van der Waals surface area contributed by atoms with Gasteiger partial charge in [0.25, 0.3) is 0 Å². The highest BCUT2D eigenvalue weighted by Gasteiger charge is 2.55. The molecule has 0 aromatic heterocycles. The van der Waals surface area contributed by atoms with Crippen LogP contribution in [0.5, 0.6) is 11.5 Å². The van der Waals surface area contributed by atoms with Crippen LogP contribution in [-0.2, 0) is 10.2 Å². The number of fused-ring (bicyclic) bond motifs is 2. The molecule has 2 aliphatic rings. The molecule has 0 unspecified atom stereocenters. The van der Waals surface area contributed by atoms with E-state index in [4.69, 9.17) is 4.74 Å². The molecule has 1 atom stereocenters. The summed E-state index contributed by atoms with van der Waals surface area (Å²) < 4.78 is 6.64. The van der Waals surface area contributed by atoms with Gasteiger partial charge < -0.3 is 14.9 Å². The first-order valence-electron chi connectivity index (χ1n) is 12.0. The van der Waals surface area contributed by atoms with Crippen LogP contribution in [0.25, 0.3) is 10.8 Å². The van der Waals surface area contributed by atoms with Crippen LogP contribution in [0, 0.1) is 12.8 Å². The van der Waals surface area contributed by atoms with Gasteiger partial charge in [0, 0.05) is 11.5 Å². The highest BCUT2D eigenvalue weighted by atomic mass is 16.5. The molecule has 1 heterocycles. The van der Waals surface area contributed by atoms with E-state index in [1.807, 2.05) is 39.8 Å². The molecule has 4 nitrogen and oxygen atoms in total. The Balaban J connectivity index is 2.17. The molecule has 0 saturated heterocycles.